The Morgan fingerprint density at radius 1 is 1.04 bits per heavy atom. The van der Waals surface area contributed by atoms with Crippen molar-refractivity contribution in [3.05, 3.63) is 29.8 Å². The Kier molecular flexibility index (Phi) is 6.27. The summed E-state index contributed by atoms with van der Waals surface area (Å²) in [5.41, 5.74) is 2.08. The van der Waals surface area contributed by atoms with E-state index in [1.54, 1.807) is 0 Å². The topological polar surface area (TPSA) is 64.7 Å². The molecule has 1 aliphatic carbocycles. The van der Waals surface area contributed by atoms with Gasteiger partial charge < -0.3 is 10.6 Å². The van der Waals surface area contributed by atoms with Crippen LogP contribution in [0.3, 0.4) is 0 Å². The van der Waals surface area contributed by atoms with Gasteiger partial charge in [0.15, 0.2) is 0 Å². The first-order chi connectivity index (χ1) is 12.5. The Balaban J connectivity index is 1.39. The third-order valence-electron chi connectivity index (χ3n) is 4.98. The van der Waals surface area contributed by atoms with E-state index in [0.29, 0.717) is 25.0 Å². The van der Waals surface area contributed by atoms with Gasteiger partial charge in [-0.3, -0.25) is 19.4 Å². The number of amides is 2. The molecule has 0 atom stereocenters. The number of nitrogens with zero attached hydrogens (tertiary/aromatic N) is 2. The number of hydrogen-bond acceptors (Lipinski definition) is 4. The number of hydrogen-bond donors (Lipinski definition) is 2. The minimum absolute atomic E-state index is 0.0193. The van der Waals surface area contributed by atoms with Crippen LogP contribution in [0.15, 0.2) is 24.3 Å². The van der Waals surface area contributed by atoms with Crippen LogP contribution in [-0.4, -0.2) is 66.9 Å². The van der Waals surface area contributed by atoms with E-state index >= 15 is 0 Å². The molecule has 0 unspecified atom stereocenters. The van der Waals surface area contributed by atoms with Crippen molar-refractivity contribution in [3.8, 4) is 0 Å². The van der Waals surface area contributed by atoms with Gasteiger partial charge in [0, 0.05) is 37.9 Å². The number of rotatable bonds is 7. The zero-order chi connectivity index (χ0) is 18.5. The molecule has 2 fully saturated rings. The highest BCUT2D eigenvalue weighted by atomic mass is 16.2. The zero-order valence-corrected chi connectivity index (χ0v) is 15.8. The first kappa shape index (κ1) is 18.9. The number of piperazine rings is 1. The van der Waals surface area contributed by atoms with Gasteiger partial charge in [-0.25, -0.2) is 0 Å². The maximum Gasteiger partial charge on any atom is 0.238 e. The smallest absolute Gasteiger partial charge is 0.238 e. The van der Waals surface area contributed by atoms with Crippen LogP contribution in [0.4, 0.5) is 5.69 Å². The first-order valence-electron chi connectivity index (χ1n) is 9.63. The summed E-state index contributed by atoms with van der Waals surface area (Å²) in [4.78, 5) is 28.5. The lowest BCUT2D eigenvalue weighted by Crippen LogP contribution is -2.51. The number of benzene rings is 1. The van der Waals surface area contributed by atoms with Crippen LogP contribution in [-0.2, 0) is 9.59 Å². The Bertz CT molecular complexity index is 634. The van der Waals surface area contributed by atoms with E-state index in [9.17, 15) is 9.59 Å². The van der Waals surface area contributed by atoms with Crippen molar-refractivity contribution in [2.24, 2.45) is 0 Å². The molecule has 1 saturated heterocycles. The van der Waals surface area contributed by atoms with Gasteiger partial charge in [0.2, 0.25) is 11.8 Å². The van der Waals surface area contributed by atoms with Gasteiger partial charge in [0.05, 0.1) is 13.1 Å². The highest BCUT2D eigenvalue weighted by Crippen LogP contribution is 2.19. The van der Waals surface area contributed by atoms with Gasteiger partial charge in [-0.15, -0.1) is 0 Å². The lowest BCUT2D eigenvalue weighted by molar-refractivity contribution is -0.123. The molecule has 1 aromatic rings. The summed E-state index contributed by atoms with van der Waals surface area (Å²) < 4.78 is 0. The molecule has 0 spiro atoms. The zero-order valence-electron chi connectivity index (χ0n) is 15.8. The minimum Gasteiger partial charge on any atom is -0.352 e. The third-order valence-corrected chi connectivity index (χ3v) is 4.98. The van der Waals surface area contributed by atoms with Crippen LogP contribution >= 0.6 is 0 Å². The number of nitrogens with one attached hydrogen (secondary N) is 2. The fraction of sp³-hybridized carbons (Fsp3) is 0.600. The van der Waals surface area contributed by atoms with E-state index in [0.717, 1.165) is 44.7 Å². The molecule has 0 radical (unpaired) electrons. The average molecular weight is 358 g/mol. The molecule has 3 rings (SSSR count). The largest absolute Gasteiger partial charge is 0.352 e. The van der Waals surface area contributed by atoms with E-state index in [1.165, 1.54) is 5.56 Å². The summed E-state index contributed by atoms with van der Waals surface area (Å²) in [6, 6.07) is 8.45. The standard InChI is InChI=1S/C20H30N4O2/c1-15(2)16-4-3-5-18(12-16)22-20(26)14-24-10-8-23(9-11-24)13-19(25)21-17-6-7-17/h3-5,12,15,17H,6-11,13-14H2,1-2H3,(H,21,25)(H,22,26). The lowest BCUT2D eigenvalue weighted by Gasteiger charge is -2.33. The van der Waals surface area contributed by atoms with E-state index in [4.69, 9.17) is 0 Å². The Hall–Kier alpha value is -1.92. The van der Waals surface area contributed by atoms with Crippen LogP contribution in [0.2, 0.25) is 0 Å². The number of carbonyl (C=O) groups excluding carboxylic acids is 2. The maximum absolute atomic E-state index is 12.3. The van der Waals surface area contributed by atoms with Crippen molar-refractivity contribution in [2.45, 2.75) is 38.6 Å². The fourth-order valence-corrected chi connectivity index (χ4v) is 3.19. The Morgan fingerprint density at radius 3 is 2.23 bits per heavy atom. The molecule has 6 heteroatoms. The van der Waals surface area contributed by atoms with E-state index < -0.39 is 0 Å². The molecule has 26 heavy (non-hydrogen) atoms. The molecule has 1 saturated carbocycles. The molecular formula is C20H30N4O2. The summed E-state index contributed by atoms with van der Waals surface area (Å²) in [6.45, 7) is 8.44. The summed E-state index contributed by atoms with van der Waals surface area (Å²) >= 11 is 0. The molecule has 2 N–H and O–H groups in total. The second kappa shape index (κ2) is 8.64. The first-order valence-corrected chi connectivity index (χ1v) is 9.63. The number of anilines is 1. The number of carbonyl (C=O) groups is 2. The molecule has 1 aliphatic heterocycles. The van der Waals surface area contributed by atoms with Crippen LogP contribution in [0.25, 0.3) is 0 Å². The fourth-order valence-electron chi connectivity index (χ4n) is 3.19. The van der Waals surface area contributed by atoms with Crippen LogP contribution < -0.4 is 10.6 Å². The van der Waals surface area contributed by atoms with Crippen molar-refractivity contribution in [1.82, 2.24) is 15.1 Å². The van der Waals surface area contributed by atoms with Crippen molar-refractivity contribution in [2.75, 3.05) is 44.6 Å². The molecule has 2 amide bonds. The molecule has 1 aromatic carbocycles. The van der Waals surface area contributed by atoms with Gasteiger partial charge in [-0.05, 0) is 36.5 Å². The van der Waals surface area contributed by atoms with Gasteiger partial charge in [-0.2, -0.15) is 0 Å². The molecule has 0 aromatic heterocycles. The Labute approximate surface area is 155 Å². The second-order valence-electron chi connectivity index (χ2n) is 7.72. The van der Waals surface area contributed by atoms with Crippen molar-refractivity contribution in [3.63, 3.8) is 0 Å². The molecular weight excluding hydrogens is 328 g/mol. The van der Waals surface area contributed by atoms with Gasteiger partial charge in [0.1, 0.15) is 0 Å². The maximum atomic E-state index is 12.3. The van der Waals surface area contributed by atoms with Crippen LogP contribution in [0.1, 0.15) is 38.2 Å². The minimum atomic E-state index is 0.0193. The van der Waals surface area contributed by atoms with Crippen molar-refractivity contribution in [1.29, 1.82) is 0 Å². The quantitative estimate of drug-likeness (QED) is 0.778. The molecule has 2 aliphatic rings. The monoisotopic (exact) mass is 358 g/mol. The molecule has 1 heterocycles. The average Bonchev–Trinajstić information content (AvgIpc) is 3.40. The Morgan fingerprint density at radius 2 is 1.65 bits per heavy atom. The van der Waals surface area contributed by atoms with Crippen molar-refractivity contribution >= 4 is 17.5 Å². The van der Waals surface area contributed by atoms with Crippen LogP contribution in [0, 0.1) is 0 Å². The SMILES string of the molecule is CC(C)c1cccc(NC(=O)CN2CCN(CC(=O)NC3CC3)CC2)c1. The van der Waals surface area contributed by atoms with E-state index in [2.05, 4.69) is 40.3 Å². The third kappa shape index (κ3) is 5.81. The highest BCUT2D eigenvalue weighted by molar-refractivity contribution is 5.92. The summed E-state index contributed by atoms with van der Waals surface area (Å²) in [5.74, 6) is 0.589. The van der Waals surface area contributed by atoms with Gasteiger partial charge in [0.25, 0.3) is 0 Å². The van der Waals surface area contributed by atoms with Crippen molar-refractivity contribution < 1.29 is 9.59 Å². The normalized spacial score (nSPS) is 18.7. The predicted octanol–water partition coefficient (Wildman–Crippen LogP) is 1.64. The van der Waals surface area contributed by atoms with E-state index in [1.807, 2.05) is 18.2 Å². The predicted molar refractivity (Wildman–Crippen MR) is 103 cm³/mol. The molecule has 142 valence electrons. The van der Waals surface area contributed by atoms with Crippen LogP contribution in [0.5, 0.6) is 0 Å². The molecule has 0 bridgehead atoms. The molecule has 6 nitrogen and oxygen atoms in total. The highest BCUT2D eigenvalue weighted by Gasteiger charge is 2.25. The van der Waals surface area contributed by atoms with E-state index in [-0.39, 0.29) is 11.8 Å². The summed E-state index contributed by atoms with van der Waals surface area (Å²) in [5, 5.41) is 6.02. The summed E-state index contributed by atoms with van der Waals surface area (Å²) in [6.07, 6.45) is 2.24. The van der Waals surface area contributed by atoms with Gasteiger partial charge >= 0.3 is 0 Å². The lowest BCUT2D eigenvalue weighted by atomic mass is 10.0. The summed E-state index contributed by atoms with van der Waals surface area (Å²) in [7, 11) is 0. The second-order valence-corrected chi connectivity index (χ2v) is 7.72. The van der Waals surface area contributed by atoms with Gasteiger partial charge in [-0.1, -0.05) is 26.0 Å².